The van der Waals surface area contributed by atoms with E-state index in [9.17, 15) is 0 Å². The third-order valence-electron chi connectivity index (χ3n) is 9.51. The number of benzene rings is 1. The van der Waals surface area contributed by atoms with Crippen LogP contribution in [0.5, 0.6) is 5.75 Å². The Balaban J connectivity index is 1.47. The summed E-state index contributed by atoms with van der Waals surface area (Å²) in [4.78, 5) is 0. The van der Waals surface area contributed by atoms with Gasteiger partial charge < -0.3 is 10.5 Å². The van der Waals surface area contributed by atoms with Gasteiger partial charge in [-0.3, -0.25) is 0 Å². The summed E-state index contributed by atoms with van der Waals surface area (Å²) in [6.07, 6.45) is 14.6. The number of hydrogen-bond acceptors (Lipinski definition) is 2. The number of anilines is 1. The lowest BCUT2D eigenvalue weighted by molar-refractivity contribution is -0.146. The van der Waals surface area contributed by atoms with Crippen molar-refractivity contribution in [2.75, 3.05) is 5.73 Å². The zero-order valence-electron chi connectivity index (χ0n) is 17.3. The maximum absolute atomic E-state index is 6.72. The van der Waals surface area contributed by atoms with E-state index < -0.39 is 0 Å². The van der Waals surface area contributed by atoms with Gasteiger partial charge in [-0.05, 0) is 97.8 Å². The van der Waals surface area contributed by atoms with Crippen molar-refractivity contribution in [1.29, 1.82) is 0 Å². The Kier molecular flexibility index (Phi) is 4.26. The van der Waals surface area contributed by atoms with Gasteiger partial charge in [0.1, 0.15) is 11.9 Å². The minimum atomic E-state index is 0.392. The van der Waals surface area contributed by atoms with Gasteiger partial charge in [-0.1, -0.05) is 33.1 Å². The predicted octanol–water partition coefficient (Wildman–Crippen LogP) is 6.45. The van der Waals surface area contributed by atoms with Crippen LogP contribution >= 0.6 is 0 Å². The monoisotopic (exact) mass is 367 g/mol. The third kappa shape index (κ3) is 2.81. The van der Waals surface area contributed by atoms with Crippen LogP contribution in [0, 0.1) is 34.5 Å². The van der Waals surface area contributed by atoms with Gasteiger partial charge in [0.2, 0.25) is 0 Å². The Morgan fingerprint density at radius 2 is 1.63 bits per heavy atom. The normalized spacial score (nSPS) is 46.2. The maximum Gasteiger partial charge on any atom is 0.119 e. The lowest BCUT2D eigenvalue weighted by Gasteiger charge is -2.61. The van der Waals surface area contributed by atoms with E-state index in [1.54, 1.807) is 0 Å². The molecule has 0 amide bonds. The molecular weight excluding hydrogens is 330 g/mol. The fourth-order valence-corrected chi connectivity index (χ4v) is 8.17. The van der Waals surface area contributed by atoms with E-state index in [1.807, 2.05) is 12.1 Å². The van der Waals surface area contributed by atoms with Crippen LogP contribution in [0.15, 0.2) is 24.3 Å². The van der Waals surface area contributed by atoms with Crippen LogP contribution in [0.3, 0.4) is 0 Å². The summed E-state index contributed by atoms with van der Waals surface area (Å²) in [6, 6.07) is 8.11. The van der Waals surface area contributed by atoms with Crippen molar-refractivity contribution in [3.8, 4) is 5.75 Å². The highest BCUT2D eigenvalue weighted by atomic mass is 16.5. The summed E-state index contributed by atoms with van der Waals surface area (Å²) >= 11 is 0. The van der Waals surface area contributed by atoms with Gasteiger partial charge in [0.25, 0.3) is 0 Å². The molecular formula is C25H37NO. The van der Waals surface area contributed by atoms with Crippen LogP contribution in [0.1, 0.15) is 78.1 Å². The number of ether oxygens (including phenoxy) is 1. The van der Waals surface area contributed by atoms with Crippen LogP contribution in [0.4, 0.5) is 5.69 Å². The summed E-state index contributed by atoms with van der Waals surface area (Å²) in [6.45, 7) is 5.25. The predicted molar refractivity (Wildman–Crippen MR) is 112 cm³/mol. The molecule has 7 atom stereocenters. The van der Waals surface area contributed by atoms with Crippen molar-refractivity contribution < 1.29 is 4.74 Å². The van der Waals surface area contributed by atoms with E-state index >= 15 is 0 Å². The third-order valence-corrected chi connectivity index (χ3v) is 9.51. The lowest BCUT2D eigenvalue weighted by atomic mass is 9.45. The summed E-state index contributed by atoms with van der Waals surface area (Å²) in [5.74, 6) is 4.50. The van der Waals surface area contributed by atoms with E-state index in [4.69, 9.17) is 10.5 Å². The molecule has 27 heavy (non-hydrogen) atoms. The second-order valence-electron chi connectivity index (χ2n) is 10.8. The zero-order chi connectivity index (χ0) is 18.6. The van der Waals surface area contributed by atoms with Crippen molar-refractivity contribution in [3.63, 3.8) is 0 Å². The number of nitrogens with two attached hydrogens (primary N) is 1. The lowest BCUT2D eigenvalue weighted by Crippen LogP contribution is -2.57. The molecule has 4 aliphatic rings. The zero-order valence-corrected chi connectivity index (χ0v) is 17.3. The van der Waals surface area contributed by atoms with Crippen molar-refractivity contribution in [2.24, 2.45) is 34.5 Å². The van der Waals surface area contributed by atoms with Crippen LogP contribution in [0.2, 0.25) is 0 Å². The number of fused-ring (bicyclic) bond motifs is 5. The molecule has 2 N–H and O–H groups in total. The Morgan fingerprint density at radius 1 is 0.852 bits per heavy atom. The van der Waals surface area contributed by atoms with Crippen molar-refractivity contribution >= 4 is 5.69 Å². The molecule has 148 valence electrons. The fraction of sp³-hybridized carbons (Fsp3) is 0.760. The van der Waals surface area contributed by atoms with Crippen molar-refractivity contribution in [3.05, 3.63) is 24.3 Å². The quantitative estimate of drug-likeness (QED) is 0.610. The fourth-order valence-electron chi connectivity index (χ4n) is 8.17. The molecule has 0 bridgehead atoms. The number of nitrogen functional groups attached to an aromatic ring is 1. The molecule has 4 fully saturated rings. The van der Waals surface area contributed by atoms with Gasteiger partial charge in [-0.25, -0.2) is 0 Å². The SMILES string of the molecule is C[C@@]12CCC[C@H]1[C@@H]1C[C@@H](Oc3ccc(N)cc3)[C@H]3CCCC[C@]3(C)[C@H]1CC2. The highest BCUT2D eigenvalue weighted by Crippen LogP contribution is 2.66. The smallest absolute Gasteiger partial charge is 0.119 e. The standard InChI is InChI=1S/C25H37NO/c1-24-13-5-7-20(24)19-16-23(27-18-10-8-17(26)9-11-18)22-6-3-4-14-25(22,2)21(19)12-15-24/h8-11,19-23H,3-7,12-16,26H2,1-2H3/t19-,20-,21-,22+,23+,24-,25+/m0/s1. The molecule has 0 saturated heterocycles. The van der Waals surface area contributed by atoms with E-state index in [0.717, 1.165) is 35.1 Å². The Labute approximate surface area is 165 Å². The first-order valence-corrected chi connectivity index (χ1v) is 11.5. The first-order chi connectivity index (χ1) is 13.0. The molecule has 2 heteroatoms. The minimum Gasteiger partial charge on any atom is -0.490 e. The largest absolute Gasteiger partial charge is 0.490 e. The average Bonchev–Trinajstić information content (AvgIpc) is 3.05. The average molecular weight is 368 g/mol. The van der Waals surface area contributed by atoms with Crippen LogP contribution in [0.25, 0.3) is 0 Å². The van der Waals surface area contributed by atoms with Crippen LogP contribution in [-0.4, -0.2) is 6.10 Å². The summed E-state index contributed by atoms with van der Waals surface area (Å²) in [7, 11) is 0. The van der Waals surface area contributed by atoms with E-state index in [1.165, 1.54) is 64.2 Å². The molecule has 0 radical (unpaired) electrons. The Hall–Kier alpha value is -1.18. The molecule has 0 aliphatic heterocycles. The Morgan fingerprint density at radius 3 is 2.44 bits per heavy atom. The van der Waals surface area contributed by atoms with Crippen LogP contribution in [-0.2, 0) is 0 Å². The first-order valence-electron chi connectivity index (χ1n) is 11.5. The highest BCUT2D eigenvalue weighted by molar-refractivity contribution is 5.41. The molecule has 4 aliphatic carbocycles. The molecule has 5 rings (SSSR count). The van der Waals surface area contributed by atoms with Gasteiger partial charge in [0.05, 0.1) is 0 Å². The topological polar surface area (TPSA) is 35.2 Å². The minimum absolute atomic E-state index is 0.392. The number of rotatable bonds is 2. The maximum atomic E-state index is 6.72. The summed E-state index contributed by atoms with van der Waals surface area (Å²) in [5, 5.41) is 0. The van der Waals surface area contributed by atoms with Gasteiger partial charge >= 0.3 is 0 Å². The molecule has 0 heterocycles. The van der Waals surface area contributed by atoms with Gasteiger partial charge in [-0.2, -0.15) is 0 Å². The van der Waals surface area contributed by atoms with Gasteiger partial charge in [-0.15, -0.1) is 0 Å². The Bertz CT molecular complexity index is 684. The van der Waals surface area contributed by atoms with E-state index in [-0.39, 0.29) is 0 Å². The van der Waals surface area contributed by atoms with Crippen molar-refractivity contribution in [1.82, 2.24) is 0 Å². The molecule has 2 nitrogen and oxygen atoms in total. The van der Waals surface area contributed by atoms with Gasteiger partial charge in [0.15, 0.2) is 0 Å². The van der Waals surface area contributed by atoms with E-state index in [0.29, 0.717) is 16.9 Å². The van der Waals surface area contributed by atoms with Crippen LogP contribution < -0.4 is 10.5 Å². The van der Waals surface area contributed by atoms with E-state index in [2.05, 4.69) is 26.0 Å². The molecule has 4 saturated carbocycles. The summed E-state index contributed by atoms with van der Waals surface area (Å²) in [5.41, 5.74) is 7.82. The number of hydrogen-bond donors (Lipinski definition) is 1. The second-order valence-corrected chi connectivity index (χ2v) is 10.8. The summed E-state index contributed by atoms with van der Waals surface area (Å²) < 4.78 is 6.72. The second kappa shape index (κ2) is 6.42. The van der Waals surface area contributed by atoms with Crippen molar-refractivity contribution in [2.45, 2.75) is 84.2 Å². The molecule has 1 aromatic rings. The molecule has 0 unspecified atom stereocenters. The molecule has 0 spiro atoms. The highest BCUT2D eigenvalue weighted by Gasteiger charge is 2.60. The molecule has 0 aromatic heterocycles. The van der Waals surface area contributed by atoms with Gasteiger partial charge in [0, 0.05) is 11.6 Å². The molecule has 1 aromatic carbocycles. The first kappa shape index (κ1) is 17.9.